The van der Waals surface area contributed by atoms with E-state index in [-0.39, 0.29) is 18.2 Å². The standard InChI is InChI=1S/C14H17NO4S/c16-14(17)13(10-5-6-10)15-7-8-20(18,19)12-4-2-1-3-11(12)9-15/h1-4,10,13H,5-9H2,(H,16,17). The van der Waals surface area contributed by atoms with E-state index < -0.39 is 21.8 Å². The number of carbonyl (C=O) groups is 1. The van der Waals surface area contributed by atoms with E-state index in [0.29, 0.717) is 17.0 Å². The highest BCUT2D eigenvalue weighted by Gasteiger charge is 2.41. The summed E-state index contributed by atoms with van der Waals surface area (Å²) in [5.41, 5.74) is 0.705. The molecule has 1 aromatic rings. The fourth-order valence-corrected chi connectivity index (χ4v) is 4.40. The number of aliphatic carboxylic acids is 1. The van der Waals surface area contributed by atoms with E-state index >= 15 is 0 Å². The van der Waals surface area contributed by atoms with E-state index in [2.05, 4.69) is 0 Å². The molecule has 0 bridgehead atoms. The second-order valence-electron chi connectivity index (χ2n) is 5.52. The van der Waals surface area contributed by atoms with E-state index in [0.717, 1.165) is 12.8 Å². The molecule has 0 saturated heterocycles. The zero-order valence-corrected chi connectivity index (χ0v) is 11.8. The molecule has 1 aliphatic carbocycles. The minimum Gasteiger partial charge on any atom is -0.480 e. The Morgan fingerprint density at radius 2 is 2.00 bits per heavy atom. The van der Waals surface area contributed by atoms with Gasteiger partial charge in [0.1, 0.15) is 6.04 Å². The Morgan fingerprint density at radius 3 is 2.65 bits per heavy atom. The van der Waals surface area contributed by atoms with Crippen molar-refractivity contribution in [3.63, 3.8) is 0 Å². The van der Waals surface area contributed by atoms with Gasteiger partial charge >= 0.3 is 5.97 Å². The third-order valence-corrected chi connectivity index (χ3v) is 5.83. The van der Waals surface area contributed by atoms with Crippen molar-refractivity contribution in [2.75, 3.05) is 12.3 Å². The quantitative estimate of drug-likeness (QED) is 0.905. The first-order valence-electron chi connectivity index (χ1n) is 6.76. The molecular formula is C14H17NO4S. The number of carboxylic acids is 1. The van der Waals surface area contributed by atoms with Crippen molar-refractivity contribution in [2.45, 2.75) is 30.3 Å². The minimum absolute atomic E-state index is 0.0134. The van der Waals surface area contributed by atoms with E-state index in [1.807, 2.05) is 4.90 Å². The molecular weight excluding hydrogens is 278 g/mol. The summed E-state index contributed by atoms with van der Waals surface area (Å²) in [5, 5.41) is 9.41. The topological polar surface area (TPSA) is 74.7 Å². The van der Waals surface area contributed by atoms with Gasteiger partial charge < -0.3 is 5.11 Å². The second-order valence-corrected chi connectivity index (χ2v) is 7.60. The van der Waals surface area contributed by atoms with Gasteiger partial charge in [-0.15, -0.1) is 0 Å². The average molecular weight is 295 g/mol. The van der Waals surface area contributed by atoms with Crippen molar-refractivity contribution < 1.29 is 18.3 Å². The minimum atomic E-state index is -3.31. The van der Waals surface area contributed by atoms with Crippen molar-refractivity contribution in [1.29, 1.82) is 0 Å². The predicted octanol–water partition coefficient (Wildman–Crippen LogP) is 1.14. The Bertz CT molecular complexity index is 636. The van der Waals surface area contributed by atoms with Crippen LogP contribution in [0.25, 0.3) is 0 Å². The molecule has 2 aliphatic rings. The molecule has 108 valence electrons. The van der Waals surface area contributed by atoms with Crippen molar-refractivity contribution in [3.05, 3.63) is 29.8 Å². The van der Waals surface area contributed by atoms with Gasteiger partial charge in [0.05, 0.1) is 10.6 Å². The number of carboxylic acid groups (broad SMARTS) is 1. The molecule has 20 heavy (non-hydrogen) atoms. The smallest absolute Gasteiger partial charge is 0.321 e. The highest BCUT2D eigenvalue weighted by Crippen LogP contribution is 2.37. The third kappa shape index (κ3) is 2.45. The van der Waals surface area contributed by atoms with Crippen LogP contribution in [-0.4, -0.2) is 42.7 Å². The Hall–Kier alpha value is -1.40. The van der Waals surface area contributed by atoms with Crippen LogP contribution in [0, 0.1) is 5.92 Å². The van der Waals surface area contributed by atoms with Crippen molar-refractivity contribution >= 4 is 15.8 Å². The second kappa shape index (κ2) is 4.86. The monoisotopic (exact) mass is 295 g/mol. The molecule has 1 fully saturated rings. The van der Waals surface area contributed by atoms with Gasteiger partial charge in [0.2, 0.25) is 0 Å². The van der Waals surface area contributed by atoms with Gasteiger partial charge in [-0.05, 0) is 30.4 Å². The molecule has 1 N–H and O–H groups in total. The lowest BCUT2D eigenvalue weighted by Crippen LogP contribution is -2.43. The van der Waals surface area contributed by atoms with Gasteiger partial charge in [-0.1, -0.05) is 18.2 Å². The number of hydrogen-bond donors (Lipinski definition) is 1. The summed E-state index contributed by atoms with van der Waals surface area (Å²) >= 11 is 0. The zero-order valence-electron chi connectivity index (χ0n) is 11.0. The van der Waals surface area contributed by atoms with Gasteiger partial charge in [0.25, 0.3) is 0 Å². The largest absolute Gasteiger partial charge is 0.480 e. The van der Waals surface area contributed by atoms with E-state index in [1.165, 1.54) is 0 Å². The highest BCUT2D eigenvalue weighted by molar-refractivity contribution is 7.91. The SMILES string of the molecule is O=C(O)C(C1CC1)N1CCS(=O)(=O)c2ccccc2C1. The first-order chi connectivity index (χ1) is 9.49. The van der Waals surface area contributed by atoms with Gasteiger partial charge in [0, 0.05) is 13.1 Å². The molecule has 0 aromatic heterocycles. The molecule has 1 aromatic carbocycles. The molecule has 0 spiro atoms. The van der Waals surface area contributed by atoms with E-state index in [1.54, 1.807) is 24.3 Å². The Balaban J connectivity index is 1.96. The highest BCUT2D eigenvalue weighted by atomic mass is 32.2. The molecule has 6 heteroatoms. The van der Waals surface area contributed by atoms with Crippen LogP contribution in [0.15, 0.2) is 29.2 Å². The first-order valence-corrected chi connectivity index (χ1v) is 8.42. The summed E-state index contributed by atoms with van der Waals surface area (Å²) in [6.45, 7) is 0.674. The number of hydrogen-bond acceptors (Lipinski definition) is 4. The Labute approximate surface area is 118 Å². The molecule has 1 saturated carbocycles. The van der Waals surface area contributed by atoms with Gasteiger partial charge in [-0.2, -0.15) is 0 Å². The van der Waals surface area contributed by atoms with Gasteiger partial charge in [-0.25, -0.2) is 8.42 Å². The molecule has 0 radical (unpaired) electrons. The first kappa shape index (κ1) is 13.6. The van der Waals surface area contributed by atoms with Gasteiger partial charge in [0.15, 0.2) is 9.84 Å². The maximum Gasteiger partial charge on any atom is 0.321 e. The van der Waals surface area contributed by atoms with Gasteiger partial charge in [-0.3, -0.25) is 9.69 Å². The number of rotatable bonds is 3. The lowest BCUT2D eigenvalue weighted by Gasteiger charge is -2.27. The van der Waals surface area contributed by atoms with Crippen molar-refractivity contribution in [2.24, 2.45) is 5.92 Å². The average Bonchev–Trinajstić information content (AvgIpc) is 3.20. The van der Waals surface area contributed by atoms with Crippen LogP contribution in [0.3, 0.4) is 0 Å². The van der Waals surface area contributed by atoms with Crippen LogP contribution in [0.5, 0.6) is 0 Å². The summed E-state index contributed by atoms with van der Waals surface area (Å²) in [4.78, 5) is 13.6. The zero-order chi connectivity index (χ0) is 14.3. The summed E-state index contributed by atoms with van der Waals surface area (Å²) in [6, 6.07) is 6.33. The summed E-state index contributed by atoms with van der Waals surface area (Å²) in [5.74, 6) is -0.690. The molecule has 5 nitrogen and oxygen atoms in total. The van der Waals surface area contributed by atoms with Crippen LogP contribution in [0.2, 0.25) is 0 Å². The maximum atomic E-state index is 12.2. The Kier molecular flexibility index (Phi) is 3.30. The summed E-state index contributed by atoms with van der Waals surface area (Å²) < 4.78 is 24.5. The number of fused-ring (bicyclic) bond motifs is 1. The predicted molar refractivity (Wildman–Crippen MR) is 73.1 cm³/mol. The summed E-state index contributed by atoms with van der Waals surface area (Å²) in [7, 11) is -3.31. The van der Waals surface area contributed by atoms with Crippen molar-refractivity contribution in [1.82, 2.24) is 4.90 Å². The molecule has 1 heterocycles. The third-order valence-electron chi connectivity index (χ3n) is 4.04. The number of sulfone groups is 1. The molecule has 3 rings (SSSR count). The van der Waals surface area contributed by atoms with E-state index in [4.69, 9.17) is 0 Å². The van der Waals surface area contributed by atoms with Crippen LogP contribution in [0.4, 0.5) is 0 Å². The normalized spacial score (nSPS) is 23.6. The molecule has 1 aliphatic heterocycles. The fraction of sp³-hybridized carbons (Fsp3) is 0.500. The summed E-state index contributed by atoms with van der Waals surface area (Å²) in [6.07, 6.45) is 1.84. The van der Waals surface area contributed by atoms with E-state index in [9.17, 15) is 18.3 Å². The maximum absolute atomic E-state index is 12.2. The van der Waals surface area contributed by atoms with Crippen LogP contribution >= 0.6 is 0 Å². The lowest BCUT2D eigenvalue weighted by molar-refractivity contribution is -0.144. The van der Waals surface area contributed by atoms with Crippen LogP contribution in [0.1, 0.15) is 18.4 Å². The van der Waals surface area contributed by atoms with Crippen LogP contribution < -0.4 is 0 Å². The Morgan fingerprint density at radius 1 is 1.30 bits per heavy atom. The molecule has 1 unspecified atom stereocenters. The van der Waals surface area contributed by atoms with Crippen LogP contribution in [-0.2, 0) is 21.2 Å². The lowest BCUT2D eigenvalue weighted by atomic mass is 10.1. The number of nitrogens with zero attached hydrogens (tertiary/aromatic N) is 1. The fourth-order valence-electron chi connectivity index (χ4n) is 2.89. The molecule has 0 amide bonds. The van der Waals surface area contributed by atoms with Crippen molar-refractivity contribution in [3.8, 4) is 0 Å². The number of benzene rings is 1. The molecule has 1 atom stereocenters.